The summed E-state index contributed by atoms with van der Waals surface area (Å²) in [6.07, 6.45) is 0. The van der Waals surface area contributed by atoms with E-state index in [-0.39, 0.29) is 33.4 Å². The molecule has 20 heavy (non-hydrogen) atoms. The van der Waals surface area contributed by atoms with Crippen LogP contribution in [0.5, 0.6) is 0 Å². The van der Waals surface area contributed by atoms with Gasteiger partial charge >= 0.3 is 0 Å². The topological polar surface area (TPSA) is 49.4 Å². The van der Waals surface area contributed by atoms with Crippen molar-refractivity contribution in [1.82, 2.24) is 9.62 Å². The second kappa shape index (κ2) is 7.13. The van der Waals surface area contributed by atoms with Gasteiger partial charge in [-0.05, 0) is 19.1 Å². The van der Waals surface area contributed by atoms with Crippen LogP contribution >= 0.6 is 51.5 Å². The van der Waals surface area contributed by atoms with Gasteiger partial charge in [-0.2, -0.15) is 4.31 Å². The van der Waals surface area contributed by atoms with Crippen molar-refractivity contribution in [2.24, 2.45) is 0 Å². The summed E-state index contributed by atoms with van der Waals surface area (Å²) in [5.74, 6) is 0. The maximum absolute atomic E-state index is 12.6. The van der Waals surface area contributed by atoms with Gasteiger partial charge < -0.3 is 5.32 Å². The number of hydrogen-bond acceptors (Lipinski definition) is 3. The van der Waals surface area contributed by atoms with Gasteiger partial charge in [0.2, 0.25) is 10.0 Å². The maximum atomic E-state index is 12.6. The molecule has 4 nitrogen and oxygen atoms in total. The number of hydrogen-bond donors (Lipinski definition) is 1. The second-order valence-electron chi connectivity index (χ2n) is 4.42. The van der Waals surface area contributed by atoms with Crippen LogP contribution in [0.2, 0.25) is 10.0 Å². The smallest absolute Gasteiger partial charge is 0.246 e. The van der Waals surface area contributed by atoms with E-state index < -0.39 is 10.0 Å². The van der Waals surface area contributed by atoms with Crippen LogP contribution < -0.4 is 5.32 Å². The van der Waals surface area contributed by atoms with E-state index in [4.69, 9.17) is 23.2 Å². The minimum atomic E-state index is -3.66. The Bertz CT molecular complexity index is 574. The van der Waals surface area contributed by atoms with Gasteiger partial charge in [0, 0.05) is 30.1 Å². The molecule has 1 aromatic rings. The van der Waals surface area contributed by atoms with E-state index in [0.29, 0.717) is 24.1 Å². The fourth-order valence-corrected chi connectivity index (χ4v) is 5.43. The monoisotopic (exact) mass is 422 g/mol. The van der Waals surface area contributed by atoms with E-state index in [1.165, 1.54) is 16.4 Å². The molecule has 0 spiro atoms. The fourth-order valence-electron chi connectivity index (χ4n) is 2.02. The van der Waals surface area contributed by atoms with Crippen LogP contribution in [-0.4, -0.2) is 38.4 Å². The molecule has 1 aromatic carbocycles. The third kappa shape index (κ3) is 3.80. The molecule has 0 saturated carbocycles. The van der Waals surface area contributed by atoms with Crippen molar-refractivity contribution in [2.75, 3.05) is 19.6 Å². The summed E-state index contributed by atoms with van der Waals surface area (Å²) in [7, 11) is -3.66. The third-order valence-electron chi connectivity index (χ3n) is 2.89. The van der Waals surface area contributed by atoms with Gasteiger partial charge in [0.15, 0.2) is 0 Å². The maximum Gasteiger partial charge on any atom is 0.246 e. The molecule has 1 heterocycles. The zero-order valence-corrected chi connectivity index (χ0v) is 15.3. The highest BCUT2D eigenvalue weighted by Crippen LogP contribution is 2.34. The largest absolute Gasteiger partial charge is 0.312 e. The van der Waals surface area contributed by atoms with Crippen molar-refractivity contribution in [2.45, 2.75) is 17.9 Å². The normalized spacial score (nSPS) is 20.5. The molecule has 0 bridgehead atoms. The van der Waals surface area contributed by atoms with Crippen molar-refractivity contribution in [1.29, 1.82) is 0 Å². The number of benzene rings is 1. The average Bonchev–Trinajstić information content (AvgIpc) is 2.26. The molecule has 2 rings (SSSR count). The van der Waals surface area contributed by atoms with Crippen molar-refractivity contribution in [3.63, 3.8) is 0 Å². The molecule has 9 heteroatoms. The Labute approximate surface area is 143 Å². The van der Waals surface area contributed by atoms with E-state index in [0.717, 1.165) is 0 Å². The standard InChI is InChI=1S/C11H13BrCl2N2O2S.ClH/c1-7-6-16(3-2-15-7)19(17,18)11-9(13)4-8(12)5-10(11)14;/h4-5,7,15H,2-3,6H2,1H3;1H/t7-;/m1./s1. The highest BCUT2D eigenvalue weighted by atomic mass is 79.9. The van der Waals surface area contributed by atoms with Crippen LogP contribution in [-0.2, 0) is 10.0 Å². The molecular formula is C11H14BrCl3N2O2S. The highest BCUT2D eigenvalue weighted by Gasteiger charge is 2.32. The predicted octanol–water partition coefficient (Wildman–Crippen LogP) is 3.16. The molecule has 1 aliphatic heterocycles. The Morgan fingerprint density at radius 1 is 1.35 bits per heavy atom. The summed E-state index contributed by atoms with van der Waals surface area (Å²) < 4.78 is 27.3. The third-order valence-corrected chi connectivity index (χ3v) is 6.14. The first-order valence-corrected chi connectivity index (χ1v) is 8.69. The summed E-state index contributed by atoms with van der Waals surface area (Å²) in [5.41, 5.74) is 0. The van der Waals surface area contributed by atoms with Crippen LogP contribution in [0.3, 0.4) is 0 Å². The van der Waals surface area contributed by atoms with Crippen LogP contribution in [0.25, 0.3) is 0 Å². The second-order valence-corrected chi connectivity index (χ2v) is 8.02. The van der Waals surface area contributed by atoms with E-state index in [1.54, 1.807) is 0 Å². The van der Waals surface area contributed by atoms with Gasteiger partial charge in [0.1, 0.15) is 4.90 Å². The Kier molecular flexibility index (Phi) is 6.59. The average molecular weight is 425 g/mol. The molecule has 1 aliphatic rings. The number of nitrogens with zero attached hydrogens (tertiary/aromatic N) is 1. The molecule has 0 amide bonds. The number of sulfonamides is 1. The fraction of sp³-hybridized carbons (Fsp3) is 0.455. The van der Waals surface area contributed by atoms with E-state index >= 15 is 0 Å². The minimum Gasteiger partial charge on any atom is -0.312 e. The molecule has 114 valence electrons. The lowest BCUT2D eigenvalue weighted by atomic mass is 10.3. The molecule has 0 radical (unpaired) electrons. The van der Waals surface area contributed by atoms with Crippen molar-refractivity contribution in [3.05, 3.63) is 26.7 Å². The van der Waals surface area contributed by atoms with Crippen LogP contribution in [0.4, 0.5) is 0 Å². The molecule has 0 aromatic heterocycles. The van der Waals surface area contributed by atoms with Gasteiger partial charge in [0.05, 0.1) is 10.0 Å². The molecular weight excluding hydrogens is 410 g/mol. The lowest BCUT2D eigenvalue weighted by Crippen LogP contribution is -2.51. The molecule has 1 N–H and O–H groups in total. The van der Waals surface area contributed by atoms with Crippen molar-refractivity contribution < 1.29 is 8.42 Å². The van der Waals surface area contributed by atoms with E-state index in [1.807, 2.05) is 6.92 Å². The molecule has 1 fully saturated rings. The molecule has 1 saturated heterocycles. The number of halogens is 4. The summed E-state index contributed by atoms with van der Waals surface area (Å²) in [6.45, 7) is 3.37. The van der Waals surface area contributed by atoms with Crippen molar-refractivity contribution in [3.8, 4) is 0 Å². The van der Waals surface area contributed by atoms with Crippen LogP contribution in [0.15, 0.2) is 21.5 Å². The first kappa shape index (κ1) is 18.5. The number of rotatable bonds is 2. The Morgan fingerprint density at radius 3 is 2.40 bits per heavy atom. The summed E-state index contributed by atoms with van der Waals surface area (Å²) in [4.78, 5) is -0.0202. The highest BCUT2D eigenvalue weighted by molar-refractivity contribution is 9.10. The Morgan fingerprint density at radius 2 is 1.90 bits per heavy atom. The zero-order valence-electron chi connectivity index (χ0n) is 10.6. The van der Waals surface area contributed by atoms with Gasteiger partial charge in [0.25, 0.3) is 0 Å². The zero-order chi connectivity index (χ0) is 14.2. The summed E-state index contributed by atoms with van der Waals surface area (Å²) in [6, 6.07) is 3.18. The molecule has 0 unspecified atom stereocenters. The quantitative estimate of drug-likeness (QED) is 0.794. The first-order chi connectivity index (χ1) is 8.82. The van der Waals surface area contributed by atoms with Gasteiger partial charge in [-0.25, -0.2) is 8.42 Å². The lowest BCUT2D eigenvalue weighted by Gasteiger charge is -2.31. The summed E-state index contributed by atoms with van der Waals surface area (Å²) in [5, 5.41) is 3.45. The number of piperazine rings is 1. The Hall–Kier alpha value is 0.440. The van der Waals surface area contributed by atoms with E-state index in [9.17, 15) is 8.42 Å². The SMILES string of the molecule is C[C@@H]1CN(S(=O)(=O)c2c(Cl)cc(Br)cc2Cl)CCN1.Cl. The van der Waals surface area contributed by atoms with Gasteiger partial charge in [-0.3, -0.25) is 0 Å². The predicted molar refractivity (Wildman–Crippen MR) is 87.6 cm³/mol. The van der Waals surface area contributed by atoms with Gasteiger partial charge in [-0.15, -0.1) is 12.4 Å². The molecule has 0 aliphatic carbocycles. The molecule has 1 atom stereocenters. The van der Waals surface area contributed by atoms with E-state index in [2.05, 4.69) is 21.2 Å². The van der Waals surface area contributed by atoms with Crippen molar-refractivity contribution >= 4 is 61.6 Å². The lowest BCUT2D eigenvalue weighted by molar-refractivity contribution is 0.310. The Balaban J connectivity index is 0.00000200. The summed E-state index contributed by atoms with van der Waals surface area (Å²) >= 11 is 15.3. The first-order valence-electron chi connectivity index (χ1n) is 5.70. The number of nitrogens with one attached hydrogen (secondary N) is 1. The van der Waals surface area contributed by atoms with Crippen LogP contribution in [0, 0.1) is 0 Å². The van der Waals surface area contributed by atoms with Gasteiger partial charge in [-0.1, -0.05) is 39.1 Å². The minimum absolute atomic E-state index is 0. The van der Waals surface area contributed by atoms with Crippen LogP contribution in [0.1, 0.15) is 6.92 Å².